The Balaban J connectivity index is 1.18. The maximum absolute atomic E-state index is 13.6. The highest BCUT2D eigenvalue weighted by Gasteiger charge is 2.42. The van der Waals surface area contributed by atoms with E-state index in [0.717, 1.165) is 38.6 Å². The van der Waals surface area contributed by atoms with E-state index in [4.69, 9.17) is 28.4 Å². The van der Waals surface area contributed by atoms with Crippen molar-refractivity contribution in [2.45, 2.75) is 57.1 Å². The third kappa shape index (κ3) is 11.7. The second-order valence-electron chi connectivity index (χ2n) is 14.1. The van der Waals surface area contributed by atoms with E-state index in [-0.39, 0.29) is 63.5 Å². The van der Waals surface area contributed by atoms with Gasteiger partial charge in [-0.1, -0.05) is 78.9 Å². The van der Waals surface area contributed by atoms with Crippen LogP contribution in [0.15, 0.2) is 109 Å². The third-order valence-electron chi connectivity index (χ3n) is 9.87. The van der Waals surface area contributed by atoms with Crippen LogP contribution in [0.5, 0.6) is 17.2 Å². The van der Waals surface area contributed by atoms with Gasteiger partial charge in [0.1, 0.15) is 30.0 Å². The molecular formula is C45H51NO11. The average molecular weight is 782 g/mol. The summed E-state index contributed by atoms with van der Waals surface area (Å²) in [5.74, 6) is 0.654. The number of para-hydroxylation sites is 1. The molecule has 0 spiro atoms. The number of likely N-dealkylation sites (tertiary alicyclic amines) is 1. The van der Waals surface area contributed by atoms with Crippen molar-refractivity contribution < 1.29 is 53.6 Å². The number of hydrogen-bond acceptors (Lipinski definition) is 11. The van der Waals surface area contributed by atoms with Crippen LogP contribution in [0.3, 0.4) is 0 Å². The topological polar surface area (TPSA) is 157 Å². The number of piperidine rings is 1. The summed E-state index contributed by atoms with van der Waals surface area (Å²) >= 11 is 0. The summed E-state index contributed by atoms with van der Waals surface area (Å²) in [6, 6.07) is 33.2. The van der Waals surface area contributed by atoms with Gasteiger partial charge in [0.15, 0.2) is 0 Å². The Hall–Kier alpha value is -5.21. The lowest BCUT2D eigenvalue weighted by atomic mass is 9.84. The maximum atomic E-state index is 13.6. The number of hydrogen-bond donors (Lipinski definition) is 4. The summed E-state index contributed by atoms with van der Waals surface area (Å²) in [6.45, 7) is 1.71. The standard InChI is InChI=1S/C45H51NO11/c1-52-29-37(48)30-56-43-24-46(45(51)57-26-32-13-11-31(25-47)12-14-32)23-42(55-27-33-21-35-7-2-4-9-39(35)41(50)22-33)44(43)34-15-17-38(18-16-34)54-20-6-19-53-28-36-8-3-5-10-40(36)49/h2-5,7-18,21-22,37,42-44,47-50H,6,19-20,23-30H2,1H3. The highest BCUT2D eigenvalue weighted by atomic mass is 16.6. The van der Waals surface area contributed by atoms with E-state index in [1.54, 1.807) is 47.4 Å². The van der Waals surface area contributed by atoms with E-state index in [1.165, 1.54) is 7.11 Å². The molecule has 4 unspecified atom stereocenters. The zero-order chi connectivity index (χ0) is 40.0. The fourth-order valence-electron chi connectivity index (χ4n) is 6.91. The van der Waals surface area contributed by atoms with Gasteiger partial charge in [-0.05, 0) is 58.0 Å². The number of ether oxygens (including phenoxy) is 6. The van der Waals surface area contributed by atoms with Crippen LogP contribution < -0.4 is 4.74 Å². The van der Waals surface area contributed by atoms with Crippen molar-refractivity contribution in [1.29, 1.82) is 0 Å². The molecule has 0 aromatic heterocycles. The molecule has 0 bridgehead atoms. The van der Waals surface area contributed by atoms with Crippen LogP contribution in [-0.4, -0.2) is 96.4 Å². The normalized spacial score (nSPS) is 17.4. The Morgan fingerprint density at radius 1 is 0.754 bits per heavy atom. The SMILES string of the molecule is COCC(O)COC1CN(C(=O)OCc2ccc(CO)cc2)CC(OCc2cc(O)c3ccccc3c2)C1c1ccc(OCCCOCc2ccccc2O)cc1. The lowest BCUT2D eigenvalue weighted by Crippen LogP contribution is -2.55. The van der Waals surface area contributed by atoms with Crippen LogP contribution in [0.25, 0.3) is 10.8 Å². The molecule has 0 aliphatic carbocycles. The smallest absolute Gasteiger partial charge is 0.410 e. The first-order chi connectivity index (χ1) is 27.8. The van der Waals surface area contributed by atoms with Gasteiger partial charge in [-0.25, -0.2) is 4.79 Å². The third-order valence-corrected chi connectivity index (χ3v) is 9.87. The zero-order valence-corrected chi connectivity index (χ0v) is 32.1. The van der Waals surface area contributed by atoms with Gasteiger partial charge in [-0.2, -0.15) is 0 Å². The number of carbonyl (C=O) groups excluding carboxylic acids is 1. The van der Waals surface area contributed by atoms with Gasteiger partial charge < -0.3 is 53.7 Å². The summed E-state index contributed by atoms with van der Waals surface area (Å²) in [5, 5.41) is 42.3. The summed E-state index contributed by atoms with van der Waals surface area (Å²) in [5.41, 5.74) is 3.92. The molecule has 1 aliphatic rings. The van der Waals surface area contributed by atoms with Crippen LogP contribution in [0.4, 0.5) is 4.79 Å². The van der Waals surface area contributed by atoms with Crippen molar-refractivity contribution in [2.75, 3.05) is 46.6 Å². The number of aliphatic hydroxyl groups is 2. The minimum atomic E-state index is -0.891. The number of rotatable bonds is 19. The molecule has 5 aromatic carbocycles. The van der Waals surface area contributed by atoms with Gasteiger partial charge in [-0.3, -0.25) is 0 Å². The number of phenolic OH excluding ortho intramolecular Hbond substituents is 2. The number of fused-ring (bicyclic) bond motifs is 1. The van der Waals surface area contributed by atoms with Gasteiger partial charge in [0, 0.05) is 30.4 Å². The van der Waals surface area contributed by atoms with Crippen molar-refractivity contribution in [3.05, 3.63) is 137 Å². The Morgan fingerprint density at radius 2 is 1.47 bits per heavy atom. The molecule has 12 nitrogen and oxygen atoms in total. The molecule has 302 valence electrons. The first kappa shape index (κ1) is 41.4. The van der Waals surface area contributed by atoms with Crippen LogP contribution in [0, 0.1) is 0 Å². The molecule has 6 rings (SSSR count). The highest BCUT2D eigenvalue weighted by Crippen LogP contribution is 2.36. The van der Waals surface area contributed by atoms with Crippen LogP contribution in [0.2, 0.25) is 0 Å². The predicted octanol–water partition coefficient (Wildman–Crippen LogP) is 6.44. The lowest BCUT2D eigenvalue weighted by Gasteiger charge is -2.43. The number of amides is 1. The Kier molecular flexibility index (Phi) is 15.1. The number of nitrogens with zero attached hydrogens (tertiary/aromatic N) is 1. The number of aromatic hydroxyl groups is 2. The summed E-state index contributed by atoms with van der Waals surface area (Å²) in [7, 11) is 1.50. The molecule has 0 radical (unpaired) electrons. The molecule has 1 fully saturated rings. The van der Waals surface area contributed by atoms with Gasteiger partial charge >= 0.3 is 6.09 Å². The molecule has 4 N–H and O–H groups in total. The quantitative estimate of drug-likeness (QED) is 0.0684. The van der Waals surface area contributed by atoms with Crippen molar-refractivity contribution >= 4 is 16.9 Å². The highest BCUT2D eigenvalue weighted by molar-refractivity contribution is 5.88. The van der Waals surface area contributed by atoms with Crippen LogP contribution in [-0.2, 0) is 50.1 Å². The van der Waals surface area contributed by atoms with Crippen LogP contribution >= 0.6 is 0 Å². The van der Waals surface area contributed by atoms with E-state index in [0.29, 0.717) is 32.0 Å². The Labute approximate surface area is 332 Å². The molecule has 1 amide bonds. The van der Waals surface area contributed by atoms with Gasteiger partial charge in [0.25, 0.3) is 0 Å². The Bertz CT molecular complexity index is 2010. The first-order valence-electron chi connectivity index (χ1n) is 19.1. The van der Waals surface area contributed by atoms with E-state index < -0.39 is 24.4 Å². The fourth-order valence-corrected chi connectivity index (χ4v) is 6.91. The van der Waals surface area contributed by atoms with Crippen molar-refractivity contribution in [3.63, 3.8) is 0 Å². The number of methoxy groups -OCH3 is 1. The predicted molar refractivity (Wildman–Crippen MR) is 213 cm³/mol. The van der Waals surface area contributed by atoms with Gasteiger partial charge in [-0.15, -0.1) is 0 Å². The minimum Gasteiger partial charge on any atom is -0.508 e. The van der Waals surface area contributed by atoms with E-state index in [9.17, 15) is 25.2 Å². The summed E-state index contributed by atoms with van der Waals surface area (Å²) in [6.07, 6.45) is -1.97. The minimum absolute atomic E-state index is 0.0342. The molecule has 1 aliphatic heterocycles. The molecule has 1 saturated heterocycles. The first-order valence-corrected chi connectivity index (χ1v) is 19.1. The molecule has 0 saturated carbocycles. The number of carbonyl (C=O) groups is 1. The number of benzene rings is 5. The molecule has 57 heavy (non-hydrogen) atoms. The molecule has 1 heterocycles. The number of aliphatic hydroxyl groups excluding tert-OH is 2. The molecular weight excluding hydrogens is 730 g/mol. The average Bonchev–Trinajstić information content (AvgIpc) is 3.23. The van der Waals surface area contributed by atoms with Crippen molar-refractivity contribution in [1.82, 2.24) is 4.90 Å². The zero-order valence-electron chi connectivity index (χ0n) is 32.1. The molecule has 5 aromatic rings. The second-order valence-corrected chi connectivity index (χ2v) is 14.1. The Morgan fingerprint density at radius 3 is 2.23 bits per heavy atom. The van der Waals surface area contributed by atoms with Crippen molar-refractivity contribution in [2.24, 2.45) is 0 Å². The van der Waals surface area contributed by atoms with Crippen molar-refractivity contribution in [3.8, 4) is 17.2 Å². The van der Waals surface area contributed by atoms with Gasteiger partial charge in [0.05, 0.1) is 71.5 Å². The maximum Gasteiger partial charge on any atom is 0.410 e. The molecule has 12 heteroatoms. The summed E-state index contributed by atoms with van der Waals surface area (Å²) < 4.78 is 35.7. The largest absolute Gasteiger partial charge is 0.508 e. The number of phenols is 2. The van der Waals surface area contributed by atoms with E-state index in [1.807, 2.05) is 66.7 Å². The molecule has 4 atom stereocenters. The second kappa shape index (κ2) is 20.8. The van der Waals surface area contributed by atoms with E-state index >= 15 is 0 Å². The lowest BCUT2D eigenvalue weighted by molar-refractivity contribution is -0.109. The van der Waals surface area contributed by atoms with E-state index in [2.05, 4.69) is 0 Å². The fraction of sp³-hybridized carbons (Fsp3) is 0.356. The van der Waals surface area contributed by atoms with Crippen LogP contribution in [0.1, 0.15) is 40.2 Å². The monoisotopic (exact) mass is 781 g/mol. The summed E-state index contributed by atoms with van der Waals surface area (Å²) in [4.78, 5) is 15.2. The van der Waals surface area contributed by atoms with Gasteiger partial charge in [0.2, 0.25) is 0 Å².